The lowest BCUT2D eigenvalue weighted by atomic mass is 10.1. The highest BCUT2D eigenvalue weighted by atomic mass is 16.5. The second-order valence-corrected chi connectivity index (χ2v) is 6.32. The van der Waals surface area contributed by atoms with Crippen LogP contribution in [0.2, 0.25) is 0 Å². The van der Waals surface area contributed by atoms with Crippen LogP contribution in [0.25, 0.3) is 0 Å². The van der Waals surface area contributed by atoms with Crippen LogP contribution >= 0.6 is 0 Å². The number of nitrogens with zero attached hydrogens (tertiary/aromatic N) is 2. The van der Waals surface area contributed by atoms with Gasteiger partial charge in [-0.15, -0.1) is 0 Å². The number of benzene rings is 1. The van der Waals surface area contributed by atoms with Gasteiger partial charge >= 0.3 is 6.03 Å². The molecule has 1 heterocycles. The molecule has 0 fully saturated rings. The number of pyridine rings is 1. The zero-order valence-electron chi connectivity index (χ0n) is 16.8. The number of ether oxygens (including phenoxy) is 3. The topological polar surface area (TPSA) is 85.0 Å². The summed E-state index contributed by atoms with van der Waals surface area (Å²) in [7, 11) is 7.18. The number of carbonyl (C=O) groups excluding carboxylic acids is 1. The van der Waals surface area contributed by atoms with Crippen LogP contribution in [0.1, 0.15) is 11.6 Å². The Morgan fingerprint density at radius 1 is 1.18 bits per heavy atom. The summed E-state index contributed by atoms with van der Waals surface area (Å²) in [4.78, 5) is 18.5. The minimum atomic E-state index is -0.302. The summed E-state index contributed by atoms with van der Waals surface area (Å²) in [6.45, 7) is 1.30. The van der Waals surface area contributed by atoms with E-state index in [9.17, 15) is 4.79 Å². The first-order chi connectivity index (χ1) is 13.5. The van der Waals surface area contributed by atoms with Crippen molar-refractivity contribution in [2.45, 2.75) is 6.04 Å². The molecule has 0 bridgehead atoms. The number of amides is 2. The average molecular weight is 388 g/mol. The maximum Gasteiger partial charge on any atom is 0.319 e. The fourth-order valence-electron chi connectivity index (χ4n) is 2.61. The predicted molar refractivity (Wildman–Crippen MR) is 108 cm³/mol. The van der Waals surface area contributed by atoms with Gasteiger partial charge in [0.05, 0.1) is 19.8 Å². The van der Waals surface area contributed by atoms with E-state index < -0.39 is 0 Å². The lowest BCUT2D eigenvalue weighted by Crippen LogP contribution is -2.36. The van der Waals surface area contributed by atoms with E-state index in [1.807, 2.05) is 43.3 Å². The number of carbonyl (C=O) groups is 1. The zero-order chi connectivity index (χ0) is 20.4. The van der Waals surface area contributed by atoms with Gasteiger partial charge in [-0.3, -0.25) is 0 Å². The van der Waals surface area contributed by atoms with Crippen LogP contribution in [0.3, 0.4) is 0 Å². The Morgan fingerprint density at radius 2 is 2.00 bits per heavy atom. The van der Waals surface area contributed by atoms with Gasteiger partial charge in [0.25, 0.3) is 0 Å². The Balaban J connectivity index is 1.93. The SMILES string of the molecule is COCCOc1cc(NC(=O)NC[C@@H](c2cccc(OC)c2)N(C)C)ccn1. The Bertz CT molecular complexity index is 754. The predicted octanol–water partition coefficient (Wildman–Crippen LogP) is 2.54. The molecular formula is C20H28N4O4. The molecule has 28 heavy (non-hydrogen) atoms. The minimum Gasteiger partial charge on any atom is -0.497 e. The summed E-state index contributed by atoms with van der Waals surface area (Å²) < 4.78 is 15.7. The summed E-state index contributed by atoms with van der Waals surface area (Å²) in [6, 6.07) is 10.9. The number of hydrogen-bond acceptors (Lipinski definition) is 6. The zero-order valence-corrected chi connectivity index (χ0v) is 16.8. The molecule has 0 saturated heterocycles. The number of nitrogens with one attached hydrogen (secondary N) is 2. The molecule has 0 aliphatic carbocycles. The highest BCUT2D eigenvalue weighted by molar-refractivity contribution is 5.89. The van der Waals surface area contributed by atoms with Crippen molar-refractivity contribution >= 4 is 11.7 Å². The molecule has 0 aliphatic rings. The number of methoxy groups -OCH3 is 2. The van der Waals surface area contributed by atoms with Crippen LogP contribution < -0.4 is 20.1 Å². The first-order valence-corrected chi connectivity index (χ1v) is 8.96. The standard InChI is InChI=1S/C20H28N4O4/c1-24(2)18(15-6-5-7-17(12-15)27-4)14-22-20(25)23-16-8-9-21-19(13-16)28-11-10-26-3/h5-9,12-13,18H,10-11,14H2,1-4H3,(H2,21,22,23,25)/t18-/m0/s1. The molecule has 0 saturated carbocycles. The first-order valence-electron chi connectivity index (χ1n) is 8.96. The first kappa shape index (κ1) is 21.5. The minimum absolute atomic E-state index is 0.00577. The second kappa shape index (κ2) is 11.1. The Kier molecular flexibility index (Phi) is 8.51. The van der Waals surface area contributed by atoms with Gasteiger partial charge in [-0.25, -0.2) is 9.78 Å². The van der Waals surface area contributed by atoms with Gasteiger partial charge < -0.3 is 29.7 Å². The third kappa shape index (κ3) is 6.71. The van der Waals surface area contributed by atoms with Crippen molar-refractivity contribution < 1.29 is 19.0 Å². The Morgan fingerprint density at radius 3 is 2.71 bits per heavy atom. The lowest BCUT2D eigenvalue weighted by Gasteiger charge is -2.25. The monoisotopic (exact) mass is 388 g/mol. The molecule has 0 radical (unpaired) electrons. The van der Waals surface area contributed by atoms with Gasteiger partial charge in [0, 0.05) is 31.6 Å². The van der Waals surface area contributed by atoms with Crippen LogP contribution in [-0.4, -0.2) is 64.0 Å². The molecule has 1 aromatic heterocycles. The highest BCUT2D eigenvalue weighted by Crippen LogP contribution is 2.22. The molecule has 1 aromatic carbocycles. The van der Waals surface area contributed by atoms with E-state index in [0.29, 0.717) is 31.3 Å². The molecule has 2 amide bonds. The molecule has 0 unspecified atom stereocenters. The maximum absolute atomic E-state index is 12.3. The van der Waals surface area contributed by atoms with E-state index >= 15 is 0 Å². The summed E-state index contributed by atoms with van der Waals surface area (Å²) in [6.07, 6.45) is 1.58. The third-order valence-corrected chi connectivity index (χ3v) is 4.09. The average Bonchev–Trinajstić information content (AvgIpc) is 2.68. The van der Waals surface area contributed by atoms with E-state index in [2.05, 4.69) is 15.6 Å². The number of hydrogen-bond donors (Lipinski definition) is 2. The van der Waals surface area contributed by atoms with Gasteiger partial charge in [0.2, 0.25) is 5.88 Å². The Hall–Kier alpha value is -2.84. The molecule has 0 aliphatic heterocycles. The third-order valence-electron chi connectivity index (χ3n) is 4.09. The van der Waals surface area contributed by atoms with Crippen molar-refractivity contribution in [1.82, 2.24) is 15.2 Å². The normalized spacial score (nSPS) is 11.8. The van der Waals surface area contributed by atoms with Crippen molar-refractivity contribution in [1.29, 1.82) is 0 Å². The molecule has 2 N–H and O–H groups in total. The lowest BCUT2D eigenvalue weighted by molar-refractivity contribution is 0.144. The van der Waals surface area contributed by atoms with Crippen LogP contribution in [0.15, 0.2) is 42.6 Å². The number of urea groups is 1. The summed E-state index contributed by atoms with van der Waals surface area (Å²) in [5, 5.41) is 5.70. The fraction of sp³-hybridized carbons (Fsp3) is 0.400. The van der Waals surface area contributed by atoms with Crippen LogP contribution in [-0.2, 0) is 4.74 Å². The van der Waals surface area contributed by atoms with Crippen molar-refractivity contribution in [3.8, 4) is 11.6 Å². The van der Waals surface area contributed by atoms with Gasteiger partial charge in [-0.2, -0.15) is 0 Å². The van der Waals surface area contributed by atoms with Crippen molar-refractivity contribution in [3.63, 3.8) is 0 Å². The largest absolute Gasteiger partial charge is 0.497 e. The van der Waals surface area contributed by atoms with Crippen LogP contribution in [0.4, 0.5) is 10.5 Å². The molecular weight excluding hydrogens is 360 g/mol. The number of rotatable bonds is 10. The smallest absolute Gasteiger partial charge is 0.319 e. The molecule has 8 nitrogen and oxygen atoms in total. The van der Waals surface area contributed by atoms with Gasteiger partial charge in [0.1, 0.15) is 12.4 Å². The molecule has 2 aromatic rings. The van der Waals surface area contributed by atoms with Crippen LogP contribution in [0.5, 0.6) is 11.6 Å². The quantitative estimate of drug-likeness (QED) is 0.609. The number of anilines is 1. The fourth-order valence-corrected chi connectivity index (χ4v) is 2.61. The molecule has 1 atom stereocenters. The summed E-state index contributed by atoms with van der Waals surface area (Å²) >= 11 is 0. The second-order valence-electron chi connectivity index (χ2n) is 6.32. The van der Waals surface area contributed by atoms with Crippen molar-refractivity contribution in [3.05, 3.63) is 48.2 Å². The van der Waals surface area contributed by atoms with E-state index in [0.717, 1.165) is 11.3 Å². The Labute approximate surface area is 165 Å². The summed E-state index contributed by atoms with van der Waals surface area (Å²) in [5.41, 5.74) is 1.66. The van der Waals surface area contributed by atoms with E-state index in [1.165, 1.54) is 0 Å². The number of likely N-dealkylation sites (N-methyl/N-ethyl adjacent to an activating group) is 1. The molecule has 2 rings (SSSR count). The molecule has 152 valence electrons. The van der Waals surface area contributed by atoms with Crippen LogP contribution in [0, 0.1) is 0 Å². The van der Waals surface area contributed by atoms with Gasteiger partial charge in [-0.05, 0) is 37.9 Å². The number of aromatic nitrogens is 1. The maximum atomic E-state index is 12.3. The molecule has 8 heteroatoms. The van der Waals surface area contributed by atoms with Gasteiger partial charge in [0.15, 0.2) is 0 Å². The summed E-state index contributed by atoms with van der Waals surface area (Å²) in [5.74, 6) is 1.21. The molecule has 0 spiro atoms. The highest BCUT2D eigenvalue weighted by Gasteiger charge is 2.16. The van der Waals surface area contributed by atoms with E-state index in [1.54, 1.807) is 32.5 Å². The van der Waals surface area contributed by atoms with Gasteiger partial charge in [-0.1, -0.05) is 12.1 Å². The van der Waals surface area contributed by atoms with Crippen molar-refractivity contribution in [2.75, 3.05) is 53.4 Å². The van der Waals surface area contributed by atoms with E-state index in [-0.39, 0.29) is 12.1 Å². The van der Waals surface area contributed by atoms with Crippen molar-refractivity contribution in [2.24, 2.45) is 0 Å². The van der Waals surface area contributed by atoms with E-state index in [4.69, 9.17) is 14.2 Å².